The molecule has 3 nitrogen and oxygen atoms in total. The fourth-order valence-corrected chi connectivity index (χ4v) is 4.44. The number of rotatable bonds is 4. The molecule has 0 unspecified atom stereocenters. The van der Waals surface area contributed by atoms with E-state index in [1.54, 1.807) is 46.2 Å². The van der Waals surface area contributed by atoms with Crippen molar-refractivity contribution < 1.29 is 5.11 Å². The van der Waals surface area contributed by atoms with E-state index in [1.165, 1.54) is 4.88 Å². The summed E-state index contributed by atoms with van der Waals surface area (Å²) in [6.45, 7) is -0.0951. The van der Waals surface area contributed by atoms with E-state index in [1.807, 2.05) is 11.6 Å². The first-order chi connectivity index (χ1) is 8.81. The fourth-order valence-electron chi connectivity index (χ4n) is 1.13. The molecule has 0 aliphatic rings. The zero-order valence-electron chi connectivity index (χ0n) is 9.54. The van der Waals surface area contributed by atoms with Crippen LogP contribution in [0.3, 0.4) is 0 Å². The lowest BCUT2D eigenvalue weighted by Gasteiger charge is -1.91. The molecule has 0 aromatic carbocycles. The van der Waals surface area contributed by atoms with Gasteiger partial charge in [0.2, 0.25) is 0 Å². The molecule has 0 fully saturated rings. The van der Waals surface area contributed by atoms with Crippen molar-refractivity contribution >= 4 is 46.2 Å². The van der Waals surface area contributed by atoms with Gasteiger partial charge in [-0.3, -0.25) is 0 Å². The largest absolute Gasteiger partial charge is 0.384 e. The van der Waals surface area contributed by atoms with E-state index in [9.17, 15) is 0 Å². The monoisotopic (exact) mass is 314 g/mol. The number of hydrogen-bond acceptors (Lipinski definition) is 7. The van der Waals surface area contributed by atoms with E-state index in [0.717, 1.165) is 20.0 Å². The second-order valence-corrected chi connectivity index (χ2v) is 7.34. The van der Waals surface area contributed by atoms with Gasteiger partial charge >= 0.3 is 0 Å². The van der Waals surface area contributed by atoms with E-state index in [0.29, 0.717) is 0 Å². The minimum Gasteiger partial charge on any atom is -0.384 e. The Morgan fingerprint density at radius 2 is 2.22 bits per heavy atom. The molecule has 2 heterocycles. The molecule has 7 heteroatoms. The third-order valence-corrected chi connectivity index (χ3v) is 6.07. The van der Waals surface area contributed by atoms with E-state index in [4.69, 9.17) is 5.11 Å². The highest BCUT2D eigenvalue weighted by Gasteiger charge is 2.05. The number of nitrogens with zero attached hydrogens (tertiary/aromatic N) is 2. The van der Waals surface area contributed by atoms with Gasteiger partial charge in [0.1, 0.15) is 6.61 Å². The van der Waals surface area contributed by atoms with Crippen LogP contribution < -0.4 is 0 Å². The normalized spacial score (nSPS) is 10.1. The van der Waals surface area contributed by atoms with Crippen LogP contribution in [0.25, 0.3) is 0 Å². The molecular formula is C11H10N2OS4. The maximum Gasteiger partial charge on any atom is 0.175 e. The predicted octanol–water partition coefficient (Wildman–Crippen LogP) is 2.96. The van der Waals surface area contributed by atoms with Gasteiger partial charge in [-0.05, 0) is 12.3 Å². The van der Waals surface area contributed by atoms with Crippen molar-refractivity contribution in [3.63, 3.8) is 0 Å². The first kappa shape index (κ1) is 13.9. The minimum absolute atomic E-state index is 0.0951. The lowest BCUT2D eigenvalue weighted by molar-refractivity contribution is 0.350. The number of aromatic nitrogens is 2. The second kappa shape index (κ2) is 7.16. The van der Waals surface area contributed by atoms with E-state index < -0.39 is 0 Å². The highest BCUT2D eigenvalue weighted by molar-refractivity contribution is 8.02. The molecule has 1 N–H and O–H groups in total. The Kier molecular flexibility index (Phi) is 5.53. The molecule has 0 spiro atoms. The lowest BCUT2D eigenvalue weighted by Crippen LogP contribution is -1.75. The molecule has 18 heavy (non-hydrogen) atoms. The van der Waals surface area contributed by atoms with Gasteiger partial charge in [0, 0.05) is 21.6 Å². The van der Waals surface area contributed by atoms with Crippen LogP contribution >= 0.6 is 46.2 Å². The van der Waals surface area contributed by atoms with Gasteiger partial charge in [-0.25, -0.2) is 0 Å². The summed E-state index contributed by atoms with van der Waals surface area (Å²) in [4.78, 5) is 1.25. The van der Waals surface area contributed by atoms with Gasteiger partial charge < -0.3 is 5.11 Å². The second-order valence-electron chi connectivity index (χ2n) is 3.09. The molecule has 0 saturated heterocycles. The molecule has 2 aromatic rings. The number of thiophene rings is 1. The summed E-state index contributed by atoms with van der Waals surface area (Å²) in [6.07, 6.45) is 2.00. The third-order valence-electron chi connectivity index (χ3n) is 1.87. The Bertz CT molecular complexity index is 567. The summed E-state index contributed by atoms with van der Waals surface area (Å²) < 4.78 is 1.99. The molecule has 0 saturated carbocycles. The SMILES string of the molecule is CSc1nnc(SCc2cc(C#CCO)cs2)s1. The average Bonchev–Trinajstić information content (AvgIpc) is 3.03. The average molecular weight is 314 g/mol. The molecular weight excluding hydrogens is 304 g/mol. The van der Waals surface area contributed by atoms with Crippen molar-refractivity contribution in [3.8, 4) is 11.8 Å². The highest BCUT2D eigenvalue weighted by Crippen LogP contribution is 2.31. The molecule has 0 bridgehead atoms. The number of hydrogen-bond donors (Lipinski definition) is 1. The van der Waals surface area contributed by atoms with Gasteiger partial charge in [-0.15, -0.1) is 21.5 Å². The summed E-state index contributed by atoms with van der Waals surface area (Å²) >= 11 is 6.61. The van der Waals surface area contributed by atoms with Crippen molar-refractivity contribution in [1.29, 1.82) is 0 Å². The Hall–Kier alpha value is -0.520. The number of aliphatic hydroxyl groups excluding tert-OH is 1. The Labute approximate surface area is 122 Å². The number of thioether (sulfide) groups is 2. The van der Waals surface area contributed by atoms with Gasteiger partial charge in [0.15, 0.2) is 8.68 Å². The standard InChI is InChI=1S/C11H10N2OS4/c1-15-10-12-13-11(18-10)17-7-9-5-8(6-16-9)3-2-4-14/h5-6,14H,4,7H2,1H3. The van der Waals surface area contributed by atoms with Crippen LogP contribution in [-0.4, -0.2) is 28.2 Å². The topological polar surface area (TPSA) is 46.0 Å². The Balaban J connectivity index is 1.91. The van der Waals surface area contributed by atoms with Crippen LogP contribution in [0.5, 0.6) is 0 Å². The molecule has 94 valence electrons. The maximum atomic E-state index is 8.62. The molecule has 0 amide bonds. The lowest BCUT2D eigenvalue weighted by atomic mass is 10.3. The summed E-state index contributed by atoms with van der Waals surface area (Å²) in [5.41, 5.74) is 0.965. The van der Waals surface area contributed by atoms with Crippen molar-refractivity contribution in [3.05, 3.63) is 21.9 Å². The van der Waals surface area contributed by atoms with E-state index >= 15 is 0 Å². The Morgan fingerprint density at radius 1 is 1.39 bits per heavy atom. The van der Waals surface area contributed by atoms with Crippen molar-refractivity contribution in [1.82, 2.24) is 10.2 Å². The minimum atomic E-state index is -0.0951. The van der Waals surface area contributed by atoms with Gasteiger partial charge in [-0.2, -0.15) is 0 Å². The van der Waals surface area contributed by atoms with E-state index in [-0.39, 0.29) is 6.61 Å². The maximum absolute atomic E-state index is 8.62. The van der Waals surface area contributed by atoms with Crippen LogP contribution in [0.2, 0.25) is 0 Å². The number of aliphatic hydroxyl groups is 1. The van der Waals surface area contributed by atoms with Crippen molar-refractivity contribution in [2.75, 3.05) is 12.9 Å². The third kappa shape index (κ3) is 4.00. The van der Waals surface area contributed by atoms with Gasteiger partial charge in [0.25, 0.3) is 0 Å². The fraction of sp³-hybridized carbons (Fsp3) is 0.273. The summed E-state index contributed by atoms with van der Waals surface area (Å²) in [5, 5.41) is 18.8. The summed E-state index contributed by atoms with van der Waals surface area (Å²) in [7, 11) is 0. The van der Waals surface area contributed by atoms with Gasteiger partial charge in [0.05, 0.1) is 0 Å². The van der Waals surface area contributed by atoms with Crippen LogP contribution in [0.4, 0.5) is 0 Å². The Morgan fingerprint density at radius 3 is 2.94 bits per heavy atom. The molecule has 2 rings (SSSR count). The first-order valence-electron chi connectivity index (χ1n) is 4.99. The summed E-state index contributed by atoms with van der Waals surface area (Å²) in [6, 6.07) is 2.05. The predicted molar refractivity (Wildman–Crippen MR) is 79.5 cm³/mol. The van der Waals surface area contributed by atoms with Crippen molar-refractivity contribution in [2.45, 2.75) is 14.4 Å². The van der Waals surface area contributed by atoms with Crippen LogP contribution in [0.15, 0.2) is 20.1 Å². The quantitative estimate of drug-likeness (QED) is 0.694. The zero-order valence-corrected chi connectivity index (χ0v) is 12.8. The zero-order chi connectivity index (χ0) is 12.8. The molecule has 0 aliphatic heterocycles. The van der Waals surface area contributed by atoms with Crippen molar-refractivity contribution in [2.24, 2.45) is 0 Å². The highest BCUT2D eigenvalue weighted by atomic mass is 32.2. The smallest absolute Gasteiger partial charge is 0.175 e. The summed E-state index contributed by atoms with van der Waals surface area (Å²) in [5.74, 6) is 6.43. The van der Waals surface area contributed by atoms with Crippen LogP contribution in [0.1, 0.15) is 10.4 Å². The molecule has 2 aromatic heterocycles. The van der Waals surface area contributed by atoms with Gasteiger partial charge in [-0.1, -0.05) is 46.7 Å². The molecule has 0 atom stereocenters. The first-order valence-corrected chi connectivity index (χ1v) is 8.90. The molecule has 0 aliphatic carbocycles. The van der Waals surface area contributed by atoms with E-state index in [2.05, 4.69) is 28.1 Å². The molecule has 0 radical (unpaired) electrons. The van der Waals surface area contributed by atoms with Crippen LogP contribution in [-0.2, 0) is 5.75 Å². The van der Waals surface area contributed by atoms with Crippen LogP contribution in [0, 0.1) is 11.8 Å².